The van der Waals surface area contributed by atoms with Crippen molar-refractivity contribution in [2.24, 2.45) is 0 Å². The summed E-state index contributed by atoms with van der Waals surface area (Å²) in [7, 11) is 0. The third-order valence-corrected chi connectivity index (χ3v) is 9.07. The summed E-state index contributed by atoms with van der Waals surface area (Å²) in [6.07, 6.45) is 2.17. The molecule has 2 atom stereocenters. The lowest BCUT2D eigenvalue weighted by Crippen LogP contribution is -2.29. The van der Waals surface area contributed by atoms with Crippen LogP contribution in [0.15, 0.2) is 164 Å². The standard InChI is InChI=1S/C40H31N5/c1-4-12-28(13-5-1)39-41-42-40(29-14-6-2-7-15-29)45(39)33-22-20-31(21-23-33)43-25-24-30-26-38-35(27-37(30)43)34-18-10-11-19-36(34)44(38)32-16-8-3-9-17-32/h1-27,39-42H. The quantitative estimate of drug-likeness (QED) is 0.213. The largest absolute Gasteiger partial charge is 0.330 e. The number of anilines is 1. The van der Waals surface area contributed by atoms with Crippen LogP contribution < -0.4 is 15.8 Å². The smallest absolute Gasteiger partial charge is 0.120 e. The molecule has 5 heteroatoms. The molecule has 1 aliphatic rings. The number of rotatable bonds is 5. The van der Waals surface area contributed by atoms with Gasteiger partial charge in [0, 0.05) is 39.4 Å². The molecule has 8 aromatic rings. The maximum absolute atomic E-state index is 3.55. The molecule has 0 bridgehead atoms. The van der Waals surface area contributed by atoms with Gasteiger partial charge in [0.2, 0.25) is 0 Å². The summed E-state index contributed by atoms with van der Waals surface area (Å²) >= 11 is 0. The van der Waals surface area contributed by atoms with Gasteiger partial charge in [0.05, 0.1) is 16.6 Å². The Balaban J connectivity index is 1.14. The van der Waals surface area contributed by atoms with Crippen molar-refractivity contribution < 1.29 is 0 Å². The second-order valence-corrected chi connectivity index (χ2v) is 11.6. The lowest BCUT2D eigenvalue weighted by molar-refractivity contribution is 0.555. The molecule has 0 radical (unpaired) electrons. The van der Waals surface area contributed by atoms with Crippen LogP contribution in [0.25, 0.3) is 44.1 Å². The molecule has 6 aromatic carbocycles. The minimum atomic E-state index is -0.00937. The molecule has 9 rings (SSSR count). The highest BCUT2D eigenvalue weighted by atomic mass is 15.6. The van der Waals surface area contributed by atoms with Crippen molar-refractivity contribution in [1.82, 2.24) is 20.0 Å². The Morgan fingerprint density at radius 2 is 1.00 bits per heavy atom. The Hall–Kier alpha value is -5.62. The van der Waals surface area contributed by atoms with Crippen molar-refractivity contribution in [3.8, 4) is 11.4 Å². The number of aromatic nitrogens is 2. The molecule has 45 heavy (non-hydrogen) atoms. The van der Waals surface area contributed by atoms with E-state index in [1.807, 2.05) is 0 Å². The summed E-state index contributed by atoms with van der Waals surface area (Å²) in [6.45, 7) is 0. The molecule has 0 aliphatic carbocycles. The summed E-state index contributed by atoms with van der Waals surface area (Å²) in [6, 6.07) is 56.4. The maximum Gasteiger partial charge on any atom is 0.120 e. The van der Waals surface area contributed by atoms with E-state index in [4.69, 9.17) is 0 Å². The van der Waals surface area contributed by atoms with Crippen molar-refractivity contribution >= 4 is 38.4 Å². The fraction of sp³-hybridized carbons (Fsp3) is 0.0500. The zero-order chi connectivity index (χ0) is 29.7. The molecular formula is C40H31N5. The predicted octanol–water partition coefficient (Wildman–Crippen LogP) is 9.04. The van der Waals surface area contributed by atoms with Gasteiger partial charge >= 0.3 is 0 Å². The van der Waals surface area contributed by atoms with Crippen molar-refractivity contribution in [2.75, 3.05) is 4.90 Å². The van der Waals surface area contributed by atoms with Crippen LogP contribution in [0.4, 0.5) is 5.69 Å². The number of hydrazine groups is 1. The minimum Gasteiger partial charge on any atom is -0.330 e. The van der Waals surface area contributed by atoms with Crippen molar-refractivity contribution in [1.29, 1.82) is 0 Å². The number of hydrogen-bond acceptors (Lipinski definition) is 3. The highest BCUT2D eigenvalue weighted by molar-refractivity contribution is 6.13. The normalized spacial score (nSPS) is 16.7. The molecule has 1 saturated heterocycles. The Kier molecular flexibility index (Phi) is 6.04. The molecule has 216 valence electrons. The van der Waals surface area contributed by atoms with Gasteiger partial charge in [-0.3, -0.25) is 0 Å². The fourth-order valence-corrected chi connectivity index (χ4v) is 6.97. The minimum absolute atomic E-state index is 0.00937. The van der Waals surface area contributed by atoms with Gasteiger partial charge in [-0.2, -0.15) is 0 Å². The van der Waals surface area contributed by atoms with Gasteiger partial charge in [-0.1, -0.05) is 97.1 Å². The van der Waals surface area contributed by atoms with Gasteiger partial charge in [-0.15, -0.1) is 0 Å². The van der Waals surface area contributed by atoms with Crippen molar-refractivity contribution in [3.05, 3.63) is 175 Å². The molecule has 2 aromatic heterocycles. The lowest BCUT2D eigenvalue weighted by atomic mass is 10.1. The summed E-state index contributed by atoms with van der Waals surface area (Å²) in [5.41, 5.74) is 16.6. The lowest BCUT2D eigenvalue weighted by Gasteiger charge is -2.31. The van der Waals surface area contributed by atoms with E-state index in [-0.39, 0.29) is 12.3 Å². The first-order chi connectivity index (χ1) is 22.3. The summed E-state index contributed by atoms with van der Waals surface area (Å²) < 4.78 is 4.68. The van der Waals surface area contributed by atoms with E-state index in [1.54, 1.807) is 0 Å². The number of hydrogen-bond donors (Lipinski definition) is 2. The van der Waals surface area contributed by atoms with Crippen LogP contribution in [0.1, 0.15) is 23.5 Å². The molecular weight excluding hydrogens is 550 g/mol. The second-order valence-electron chi connectivity index (χ2n) is 11.6. The van der Waals surface area contributed by atoms with E-state index in [2.05, 4.69) is 189 Å². The highest BCUT2D eigenvalue weighted by Gasteiger charge is 2.35. The third kappa shape index (κ3) is 4.25. The molecule has 0 spiro atoms. The Labute approximate surface area is 261 Å². The zero-order valence-corrected chi connectivity index (χ0v) is 24.6. The van der Waals surface area contributed by atoms with Crippen LogP contribution in [0, 0.1) is 0 Å². The molecule has 1 aliphatic heterocycles. The SMILES string of the molecule is c1ccc(C2NNC(c3ccccc3)N2c2ccc(-n3ccc4cc5c(cc43)c3ccccc3n5-c3ccccc3)cc2)cc1. The van der Waals surface area contributed by atoms with E-state index < -0.39 is 0 Å². The Morgan fingerprint density at radius 1 is 0.422 bits per heavy atom. The van der Waals surface area contributed by atoms with E-state index in [0.717, 1.165) is 11.4 Å². The molecule has 2 unspecified atom stereocenters. The van der Waals surface area contributed by atoms with E-state index >= 15 is 0 Å². The van der Waals surface area contributed by atoms with E-state index in [0.29, 0.717) is 0 Å². The monoisotopic (exact) mass is 581 g/mol. The Morgan fingerprint density at radius 3 is 1.67 bits per heavy atom. The topological polar surface area (TPSA) is 37.2 Å². The van der Waals surface area contributed by atoms with Crippen LogP contribution in [0.2, 0.25) is 0 Å². The van der Waals surface area contributed by atoms with Crippen LogP contribution in [0.3, 0.4) is 0 Å². The summed E-state index contributed by atoms with van der Waals surface area (Å²) in [5, 5.41) is 3.73. The number of para-hydroxylation sites is 2. The van der Waals surface area contributed by atoms with Crippen molar-refractivity contribution in [2.45, 2.75) is 12.3 Å². The number of nitrogens with zero attached hydrogens (tertiary/aromatic N) is 3. The zero-order valence-electron chi connectivity index (χ0n) is 24.6. The Bertz CT molecular complexity index is 2220. The van der Waals surface area contributed by atoms with Crippen LogP contribution in [-0.2, 0) is 0 Å². The van der Waals surface area contributed by atoms with Gasteiger partial charge < -0.3 is 14.0 Å². The molecule has 2 N–H and O–H groups in total. The first-order valence-corrected chi connectivity index (χ1v) is 15.4. The average molecular weight is 582 g/mol. The van der Waals surface area contributed by atoms with Gasteiger partial charge in [0.1, 0.15) is 12.3 Å². The number of nitrogens with one attached hydrogen (secondary N) is 2. The number of benzene rings is 6. The molecule has 0 saturated carbocycles. The summed E-state index contributed by atoms with van der Waals surface area (Å²) in [4.78, 5) is 2.42. The second kappa shape index (κ2) is 10.5. The molecule has 5 nitrogen and oxygen atoms in total. The first-order valence-electron chi connectivity index (χ1n) is 15.4. The van der Waals surface area contributed by atoms with Crippen LogP contribution in [0.5, 0.6) is 0 Å². The fourth-order valence-electron chi connectivity index (χ4n) is 6.97. The van der Waals surface area contributed by atoms with E-state index in [9.17, 15) is 0 Å². The summed E-state index contributed by atoms with van der Waals surface area (Å²) in [5.74, 6) is 0. The third-order valence-electron chi connectivity index (χ3n) is 9.07. The average Bonchev–Trinajstić information content (AvgIpc) is 3.82. The van der Waals surface area contributed by atoms with Gasteiger partial charge in [0.25, 0.3) is 0 Å². The van der Waals surface area contributed by atoms with E-state index in [1.165, 1.54) is 49.5 Å². The molecule has 1 fully saturated rings. The highest BCUT2D eigenvalue weighted by Crippen LogP contribution is 2.38. The first kappa shape index (κ1) is 25.8. The molecule has 0 amide bonds. The number of fused-ring (bicyclic) bond motifs is 4. The van der Waals surface area contributed by atoms with Crippen LogP contribution >= 0.6 is 0 Å². The van der Waals surface area contributed by atoms with Crippen molar-refractivity contribution in [3.63, 3.8) is 0 Å². The molecule has 3 heterocycles. The van der Waals surface area contributed by atoms with Gasteiger partial charge in [-0.25, -0.2) is 10.9 Å². The maximum atomic E-state index is 3.55. The van der Waals surface area contributed by atoms with Gasteiger partial charge in [0.15, 0.2) is 0 Å². The van der Waals surface area contributed by atoms with Crippen LogP contribution in [-0.4, -0.2) is 9.13 Å². The van der Waals surface area contributed by atoms with Gasteiger partial charge in [-0.05, 0) is 71.8 Å². The predicted molar refractivity (Wildman–Crippen MR) is 185 cm³/mol.